The van der Waals surface area contributed by atoms with Gasteiger partial charge in [-0.05, 0) is 25.7 Å². The first kappa shape index (κ1) is 13.3. The number of aromatic nitrogens is 3. The molecule has 1 aromatic rings. The minimum absolute atomic E-state index is 0.325. The normalized spacial score (nSPS) is 19.8. The number of likely N-dealkylation sites (tertiary alicyclic amines) is 1. The van der Waals surface area contributed by atoms with Crippen LogP contribution >= 0.6 is 0 Å². The highest BCUT2D eigenvalue weighted by Gasteiger charge is 2.29. The van der Waals surface area contributed by atoms with Gasteiger partial charge in [0.1, 0.15) is 11.6 Å². The molecule has 3 heterocycles. The minimum Gasteiger partial charge on any atom is -0.337 e. The van der Waals surface area contributed by atoms with Crippen LogP contribution in [0.4, 0.5) is 4.39 Å². The van der Waals surface area contributed by atoms with Crippen molar-refractivity contribution in [1.82, 2.24) is 19.7 Å². The maximum absolute atomic E-state index is 12.9. The van der Waals surface area contributed by atoms with Gasteiger partial charge in [-0.3, -0.25) is 4.79 Å². The summed E-state index contributed by atoms with van der Waals surface area (Å²) in [4.78, 5) is 13.1. The molecule has 0 aromatic carbocycles. The zero-order valence-corrected chi connectivity index (χ0v) is 11.5. The molecule has 0 N–H and O–H groups in total. The Morgan fingerprint density at radius 2 is 1.95 bits per heavy atom. The zero-order valence-electron chi connectivity index (χ0n) is 11.5. The summed E-state index contributed by atoms with van der Waals surface area (Å²) in [5.74, 6) is 1.01. The van der Waals surface area contributed by atoms with Gasteiger partial charge in [0, 0.05) is 32.0 Å². The van der Waals surface area contributed by atoms with E-state index in [1.54, 1.807) is 0 Å². The van der Waals surface area contributed by atoms with Crippen molar-refractivity contribution in [2.24, 2.45) is 0 Å². The van der Waals surface area contributed by atoms with E-state index >= 15 is 0 Å². The first-order valence-electron chi connectivity index (χ1n) is 7.22. The third kappa shape index (κ3) is 2.34. The van der Waals surface area contributed by atoms with Crippen molar-refractivity contribution < 1.29 is 9.18 Å². The molecule has 6 heteroatoms. The lowest BCUT2D eigenvalue weighted by atomic mass is 9.95. The van der Waals surface area contributed by atoms with Gasteiger partial charge in [-0.25, -0.2) is 4.39 Å². The summed E-state index contributed by atoms with van der Waals surface area (Å²) < 4.78 is 15.1. The molecule has 5 nitrogen and oxygen atoms in total. The topological polar surface area (TPSA) is 51.0 Å². The van der Waals surface area contributed by atoms with Crippen LogP contribution in [0.5, 0.6) is 0 Å². The molecule has 108 valence electrons. The number of hydrogen-bond donors (Lipinski definition) is 0. The van der Waals surface area contributed by atoms with Crippen LogP contribution in [0, 0.1) is 0 Å². The van der Waals surface area contributed by atoms with Crippen molar-refractivity contribution in [3.8, 4) is 0 Å². The standard InChI is InChI=1S/C14H19FN4O/c1-10(15)14(20)18-8-5-11(6-9-18)13-17-16-12-4-2-3-7-19(12)13/h11H,1-9H2. The average molecular weight is 278 g/mol. The smallest absolute Gasteiger partial charge is 0.281 e. The van der Waals surface area contributed by atoms with Gasteiger partial charge in [0.25, 0.3) is 5.91 Å². The molecule has 0 spiro atoms. The highest BCUT2D eigenvalue weighted by atomic mass is 19.1. The molecule has 0 unspecified atom stereocenters. The molecule has 0 radical (unpaired) electrons. The van der Waals surface area contributed by atoms with Crippen LogP contribution in [0.25, 0.3) is 0 Å². The SMILES string of the molecule is C=C(F)C(=O)N1CCC(c2nnc3n2CCCC3)CC1. The van der Waals surface area contributed by atoms with E-state index in [1.165, 1.54) is 17.7 Å². The number of fused-ring (bicyclic) bond motifs is 1. The van der Waals surface area contributed by atoms with E-state index in [4.69, 9.17) is 0 Å². The number of aryl methyl sites for hydroxylation is 1. The highest BCUT2D eigenvalue weighted by molar-refractivity contribution is 5.90. The number of halogens is 1. The van der Waals surface area contributed by atoms with Crippen LogP contribution in [0.1, 0.15) is 43.3 Å². The summed E-state index contributed by atoms with van der Waals surface area (Å²) in [7, 11) is 0. The van der Waals surface area contributed by atoms with Crippen LogP contribution in [0.2, 0.25) is 0 Å². The fourth-order valence-corrected chi connectivity index (χ4v) is 3.15. The maximum Gasteiger partial charge on any atom is 0.281 e. The van der Waals surface area contributed by atoms with Crippen LogP contribution < -0.4 is 0 Å². The first-order valence-corrected chi connectivity index (χ1v) is 7.22. The third-order valence-electron chi connectivity index (χ3n) is 4.27. The van der Waals surface area contributed by atoms with Crippen LogP contribution in [0.3, 0.4) is 0 Å². The van der Waals surface area contributed by atoms with E-state index in [0.29, 0.717) is 19.0 Å². The molecule has 0 aliphatic carbocycles. The molecule has 2 aliphatic heterocycles. The van der Waals surface area contributed by atoms with Gasteiger partial charge >= 0.3 is 0 Å². The van der Waals surface area contributed by atoms with Crippen molar-refractivity contribution in [3.63, 3.8) is 0 Å². The van der Waals surface area contributed by atoms with Gasteiger partial charge in [-0.15, -0.1) is 10.2 Å². The Bertz CT molecular complexity index is 531. The molecule has 0 saturated carbocycles. The quantitative estimate of drug-likeness (QED) is 0.775. The van der Waals surface area contributed by atoms with Crippen molar-refractivity contribution in [2.75, 3.05) is 13.1 Å². The van der Waals surface area contributed by atoms with E-state index in [9.17, 15) is 9.18 Å². The van der Waals surface area contributed by atoms with Gasteiger partial charge in [-0.2, -0.15) is 0 Å². The number of amides is 1. The number of hydrogen-bond acceptors (Lipinski definition) is 3. The van der Waals surface area contributed by atoms with E-state index in [0.717, 1.165) is 37.5 Å². The number of carbonyl (C=O) groups excluding carboxylic acids is 1. The van der Waals surface area contributed by atoms with Gasteiger partial charge in [0.05, 0.1) is 0 Å². The molecule has 3 rings (SSSR count). The number of nitrogens with zero attached hydrogens (tertiary/aromatic N) is 4. The van der Waals surface area contributed by atoms with Crippen LogP contribution in [-0.2, 0) is 17.8 Å². The first-order chi connectivity index (χ1) is 9.66. The highest BCUT2D eigenvalue weighted by Crippen LogP contribution is 2.29. The van der Waals surface area contributed by atoms with Crippen LogP contribution in [-0.4, -0.2) is 38.7 Å². The van der Waals surface area contributed by atoms with E-state index in [2.05, 4.69) is 21.3 Å². The Morgan fingerprint density at radius 1 is 1.20 bits per heavy atom. The lowest BCUT2D eigenvalue weighted by Gasteiger charge is -2.31. The van der Waals surface area contributed by atoms with E-state index in [-0.39, 0.29) is 0 Å². The summed E-state index contributed by atoms with van der Waals surface area (Å²) in [5, 5.41) is 8.62. The van der Waals surface area contributed by atoms with Gasteiger partial charge < -0.3 is 9.47 Å². The van der Waals surface area contributed by atoms with Gasteiger partial charge in [0.15, 0.2) is 5.83 Å². The fraction of sp³-hybridized carbons (Fsp3) is 0.643. The lowest BCUT2D eigenvalue weighted by Crippen LogP contribution is -2.38. The lowest BCUT2D eigenvalue weighted by molar-refractivity contribution is -0.129. The molecule has 1 saturated heterocycles. The van der Waals surface area contributed by atoms with Crippen LogP contribution in [0.15, 0.2) is 12.4 Å². The average Bonchev–Trinajstić information content (AvgIpc) is 2.90. The van der Waals surface area contributed by atoms with Crippen molar-refractivity contribution in [1.29, 1.82) is 0 Å². The second-order valence-corrected chi connectivity index (χ2v) is 5.55. The minimum atomic E-state index is -0.872. The Morgan fingerprint density at radius 3 is 2.65 bits per heavy atom. The zero-order chi connectivity index (χ0) is 14.1. The number of carbonyl (C=O) groups is 1. The largest absolute Gasteiger partial charge is 0.337 e. The Kier molecular flexibility index (Phi) is 3.54. The summed E-state index contributed by atoms with van der Waals surface area (Å²) in [5.41, 5.74) is 0. The molecule has 2 aliphatic rings. The monoisotopic (exact) mass is 278 g/mol. The molecular weight excluding hydrogens is 259 g/mol. The Hall–Kier alpha value is -1.72. The van der Waals surface area contributed by atoms with E-state index in [1.807, 2.05) is 0 Å². The predicted molar refractivity (Wildman–Crippen MR) is 71.8 cm³/mol. The summed E-state index contributed by atoms with van der Waals surface area (Å²) in [6, 6.07) is 0. The fourth-order valence-electron chi connectivity index (χ4n) is 3.15. The number of rotatable bonds is 2. The summed E-state index contributed by atoms with van der Waals surface area (Å²) in [6.45, 7) is 5.20. The maximum atomic E-state index is 12.9. The second kappa shape index (κ2) is 5.34. The molecule has 0 atom stereocenters. The third-order valence-corrected chi connectivity index (χ3v) is 4.27. The Balaban J connectivity index is 1.68. The molecule has 1 aromatic heterocycles. The summed E-state index contributed by atoms with van der Waals surface area (Å²) in [6.07, 6.45) is 5.00. The molecule has 1 amide bonds. The Labute approximate surface area is 117 Å². The molecular formula is C14H19FN4O. The van der Waals surface area contributed by atoms with Crippen molar-refractivity contribution >= 4 is 5.91 Å². The van der Waals surface area contributed by atoms with Crippen molar-refractivity contribution in [2.45, 2.75) is 44.6 Å². The number of piperidine rings is 1. The van der Waals surface area contributed by atoms with Crippen molar-refractivity contribution in [3.05, 3.63) is 24.1 Å². The van der Waals surface area contributed by atoms with E-state index < -0.39 is 11.7 Å². The van der Waals surface area contributed by atoms with Gasteiger partial charge in [0.2, 0.25) is 0 Å². The van der Waals surface area contributed by atoms with Gasteiger partial charge in [-0.1, -0.05) is 6.58 Å². The molecule has 0 bridgehead atoms. The predicted octanol–water partition coefficient (Wildman–Crippen LogP) is 1.80. The second-order valence-electron chi connectivity index (χ2n) is 5.55. The summed E-state index contributed by atoms with van der Waals surface area (Å²) >= 11 is 0. The molecule has 1 fully saturated rings. The molecule has 20 heavy (non-hydrogen) atoms.